The van der Waals surface area contributed by atoms with Gasteiger partial charge in [0.05, 0.1) is 12.0 Å². The Morgan fingerprint density at radius 3 is 2.75 bits per heavy atom. The number of amides is 2. The zero-order chi connectivity index (χ0) is 14.7. The number of hydrogen-bond acceptors (Lipinski definition) is 3. The molecule has 2 amide bonds. The van der Waals surface area contributed by atoms with Crippen molar-refractivity contribution >= 4 is 17.8 Å². The molecule has 6 nitrogen and oxygen atoms in total. The van der Waals surface area contributed by atoms with Gasteiger partial charge < -0.3 is 15.3 Å². The van der Waals surface area contributed by atoms with Crippen molar-refractivity contribution in [3.05, 3.63) is 35.6 Å². The summed E-state index contributed by atoms with van der Waals surface area (Å²) in [5.41, 5.74) is -0.169. The van der Waals surface area contributed by atoms with Gasteiger partial charge in [-0.05, 0) is 12.1 Å². The molecule has 106 valence electrons. The van der Waals surface area contributed by atoms with Crippen molar-refractivity contribution < 1.29 is 23.9 Å². The number of nitrogens with one attached hydrogen (secondary N) is 1. The Kier molecular flexibility index (Phi) is 3.97. The standard InChI is InChI=1S/C13H13FN2O4/c14-9-4-2-1-3-8(9)13(20)16-6-5-15-12(19)10(16)7-11(17)18/h1-4,10H,5-7H2,(H,15,19)(H,17,18). The van der Waals surface area contributed by atoms with Crippen LogP contribution in [0.3, 0.4) is 0 Å². The molecular weight excluding hydrogens is 267 g/mol. The Balaban J connectivity index is 2.28. The Hall–Kier alpha value is -2.44. The first kappa shape index (κ1) is 14.0. The minimum absolute atomic E-state index is 0.150. The predicted octanol–water partition coefficient (Wildman–Crippen LogP) is 0.241. The molecule has 1 atom stereocenters. The second-order valence-corrected chi connectivity index (χ2v) is 4.38. The van der Waals surface area contributed by atoms with Gasteiger partial charge in [-0.2, -0.15) is 0 Å². The summed E-state index contributed by atoms with van der Waals surface area (Å²) >= 11 is 0. The van der Waals surface area contributed by atoms with Gasteiger partial charge in [-0.3, -0.25) is 14.4 Å². The monoisotopic (exact) mass is 280 g/mol. The molecule has 1 aliphatic rings. The van der Waals surface area contributed by atoms with Gasteiger partial charge in [-0.1, -0.05) is 12.1 Å². The van der Waals surface area contributed by atoms with E-state index in [0.29, 0.717) is 0 Å². The Labute approximate surface area is 114 Å². The molecule has 7 heteroatoms. The second-order valence-electron chi connectivity index (χ2n) is 4.38. The highest BCUT2D eigenvalue weighted by Crippen LogP contribution is 2.16. The number of hydrogen-bond donors (Lipinski definition) is 2. The van der Waals surface area contributed by atoms with Crippen LogP contribution in [0.4, 0.5) is 4.39 Å². The summed E-state index contributed by atoms with van der Waals surface area (Å²) in [6.45, 7) is 0.367. The number of carboxylic acids is 1. The molecule has 1 aliphatic heterocycles. The van der Waals surface area contributed by atoms with E-state index in [9.17, 15) is 18.8 Å². The number of carbonyl (C=O) groups excluding carboxylic acids is 2. The van der Waals surface area contributed by atoms with Gasteiger partial charge >= 0.3 is 5.97 Å². The average Bonchev–Trinajstić information content (AvgIpc) is 2.40. The molecule has 20 heavy (non-hydrogen) atoms. The summed E-state index contributed by atoms with van der Waals surface area (Å²) < 4.78 is 13.6. The third kappa shape index (κ3) is 2.76. The number of benzene rings is 1. The smallest absolute Gasteiger partial charge is 0.305 e. The van der Waals surface area contributed by atoms with Gasteiger partial charge in [0.15, 0.2) is 0 Å². The third-order valence-corrected chi connectivity index (χ3v) is 3.06. The van der Waals surface area contributed by atoms with Crippen molar-refractivity contribution in [1.29, 1.82) is 0 Å². The van der Waals surface area contributed by atoms with Crippen LogP contribution >= 0.6 is 0 Å². The lowest BCUT2D eigenvalue weighted by Gasteiger charge is -2.34. The lowest BCUT2D eigenvalue weighted by Crippen LogP contribution is -2.57. The van der Waals surface area contributed by atoms with E-state index in [0.717, 1.165) is 11.0 Å². The van der Waals surface area contributed by atoms with Crippen molar-refractivity contribution in [2.45, 2.75) is 12.5 Å². The fourth-order valence-electron chi connectivity index (χ4n) is 2.12. The van der Waals surface area contributed by atoms with Crippen LogP contribution in [0.5, 0.6) is 0 Å². The van der Waals surface area contributed by atoms with Gasteiger partial charge in [0.25, 0.3) is 5.91 Å². The number of aliphatic carboxylic acids is 1. The Morgan fingerprint density at radius 2 is 2.10 bits per heavy atom. The summed E-state index contributed by atoms with van der Waals surface area (Å²) in [4.78, 5) is 35.9. The lowest BCUT2D eigenvalue weighted by atomic mass is 10.1. The summed E-state index contributed by atoms with van der Waals surface area (Å²) in [6.07, 6.45) is -0.508. The third-order valence-electron chi connectivity index (χ3n) is 3.06. The zero-order valence-electron chi connectivity index (χ0n) is 10.5. The van der Waals surface area contributed by atoms with E-state index in [1.54, 1.807) is 0 Å². The van der Waals surface area contributed by atoms with Gasteiger partial charge in [-0.15, -0.1) is 0 Å². The van der Waals surface area contributed by atoms with Crippen LogP contribution in [-0.4, -0.2) is 46.9 Å². The molecule has 1 saturated heterocycles. The molecule has 0 aromatic heterocycles. The molecule has 0 saturated carbocycles. The van der Waals surface area contributed by atoms with E-state index in [2.05, 4.69) is 5.32 Å². The van der Waals surface area contributed by atoms with E-state index in [4.69, 9.17) is 5.11 Å². The van der Waals surface area contributed by atoms with Crippen LogP contribution in [0.15, 0.2) is 24.3 Å². The van der Waals surface area contributed by atoms with E-state index in [1.807, 2.05) is 0 Å². The second kappa shape index (κ2) is 5.68. The molecule has 0 radical (unpaired) electrons. The maximum absolute atomic E-state index is 13.6. The van der Waals surface area contributed by atoms with Crippen LogP contribution in [-0.2, 0) is 9.59 Å². The molecule has 0 spiro atoms. The fourth-order valence-corrected chi connectivity index (χ4v) is 2.12. The van der Waals surface area contributed by atoms with E-state index in [1.165, 1.54) is 18.2 Å². The SMILES string of the molecule is O=C(O)CC1C(=O)NCCN1C(=O)c1ccccc1F. The molecule has 2 N–H and O–H groups in total. The van der Waals surface area contributed by atoms with Crippen LogP contribution < -0.4 is 5.32 Å². The number of nitrogens with zero attached hydrogens (tertiary/aromatic N) is 1. The normalized spacial score (nSPS) is 18.6. The van der Waals surface area contributed by atoms with E-state index < -0.39 is 36.1 Å². The summed E-state index contributed by atoms with van der Waals surface area (Å²) in [7, 11) is 0. The van der Waals surface area contributed by atoms with Crippen molar-refractivity contribution in [3.63, 3.8) is 0 Å². The average molecular weight is 280 g/mol. The highest BCUT2D eigenvalue weighted by Gasteiger charge is 2.35. The molecular formula is C13H13FN2O4. The maximum atomic E-state index is 13.6. The molecule has 2 rings (SSSR count). The van der Waals surface area contributed by atoms with E-state index in [-0.39, 0.29) is 18.7 Å². The Morgan fingerprint density at radius 1 is 1.40 bits per heavy atom. The van der Waals surface area contributed by atoms with Crippen LogP contribution in [0.2, 0.25) is 0 Å². The van der Waals surface area contributed by atoms with Crippen LogP contribution in [0, 0.1) is 5.82 Å². The van der Waals surface area contributed by atoms with Crippen LogP contribution in [0.25, 0.3) is 0 Å². The highest BCUT2D eigenvalue weighted by molar-refractivity contribution is 5.99. The first-order chi connectivity index (χ1) is 9.50. The topological polar surface area (TPSA) is 86.7 Å². The van der Waals surface area contributed by atoms with Crippen molar-refractivity contribution in [3.8, 4) is 0 Å². The largest absolute Gasteiger partial charge is 0.481 e. The predicted molar refractivity (Wildman–Crippen MR) is 66.5 cm³/mol. The van der Waals surface area contributed by atoms with Crippen molar-refractivity contribution in [2.75, 3.05) is 13.1 Å². The van der Waals surface area contributed by atoms with Crippen LogP contribution in [0.1, 0.15) is 16.8 Å². The van der Waals surface area contributed by atoms with Crippen molar-refractivity contribution in [2.24, 2.45) is 0 Å². The van der Waals surface area contributed by atoms with Gasteiger partial charge in [0, 0.05) is 13.1 Å². The first-order valence-electron chi connectivity index (χ1n) is 6.05. The van der Waals surface area contributed by atoms with E-state index >= 15 is 0 Å². The van der Waals surface area contributed by atoms with Crippen molar-refractivity contribution in [1.82, 2.24) is 10.2 Å². The summed E-state index contributed by atoms with van der Waals surface area (Å²) in [5.74, 6) is -3.11. The highest BCUT2D eigenvalue weighted by atomic mass is 19.1. The molecule has 0 aliphatic carbocycles. The van der Waals surface area contributed by atoms with Gasteiger partial charge in [0.1, 0.15) is 11.9 Å². The molecule has 1 fully saturated rings. The minimum Gasteiger partial charge on any atom is -0.481 e. The quantitative estimate of drug-likeness (QED) is 0.830. The molecule has 1 heterocycles. The van der Waals surface area contributed by atoms with Gasteiger partial charge in [-0.25, -0.2) is 4.39 Å². The maximum Gasteiger partial charge on any atom is 0.305 e. The number of rotatable bonds is 3. The zero-order valence-corrected chi connectivity index (χ0v) is 10.5. The summed E-state index contributed by atoms with van der Waals surface area (Å²) in [6, 6.07) is 4.29. The number of halogens is 1. The summed E-state index contributed by atoms with van der Waals surface area (Å²) in [5, 5.41) is 11.3. The first-order valence-corrected chi connectivity index (χ1v) is 6.05. The minimum atomic E-state index is -1.20. The number of carbonyl (C=O) groups is 3. The number of piperazine rings is 1. The molecule has 1 aromatic carbocycles. The Bertz CT molecular complexity index is 561. The fraction of sp³-hybridized carbons (Fsp3) is 0.308. The molecule has 1 unspecified atom stereocenters. The molecule has 1 aromatic rings. The lowest BCUT2D eigenvalue weighted by molar-refractivity contribution is -0.142. The van der Waals surface area contributed by atoms with Gasteiger partial charge in [0.2, 0.25) is 5.91 Å². The molecule has 0 bridgehead atoms. The number of carboxylic acid groups (broad SMARTS) is 1.